The molecule has 1 atom stereocenters. The van der Waals surface area contributed by atoms with Gasteiger partial charge in [-0.1, -0.05) is 19.8 Å². The summed E-state index contributed by atoms with van der Waals surface area (Å²) in [7, 11) is 0. The molecular formula is C10H21NO. The van der Waals surface area contributed by atoms with Crippen LogP contribution in [0.4, 0.5) is 0 Å². The van der Waals surface area contributed by atoms with Crippen LogP contribution in [-0.2, 0) is 0 Å². The van der Waals surface area contributed by atoms with Crippen LogP contribution >= 0.6 is 0 Å². The summed E-state index contributed by atoms with van der Waals surface area (Å²) in [5.74, 6) is 0. The Morgan fingerprint density at radius 3 is 2.42 bits per heavy atom. The largest absolute Gasteiger partial charge is 0.390 e. The third-order valence-corrected chi connectivity index (χ3v) is 3.40. The molecule has 12 heavy (non-hydrogen) atoms. The minimum absolute atomic E-state index is 0.0716. The molecule has 1 aliphatic carbocycles. The lowest BCUT2D eigenvalue weighted by Crippen LogP contribution is -2.41. The average molecular weight is 171 g/mol. The Labute approximate surface area is 75.2 Å². The first-order valence-corrected chi connectivity index (χ1v) is 5.00. The fraction of sp³-hybridized carbons (Fsp3) is 1.00. The van der Waals surface area contributed by atoms with Crippen LogP contribution in [0.1, 0.15) is 46.0 Å². The lowest BCUT2D eigenvalue weighted by atomic mass is 9.82. The lowest BCUT2D eigenvalue weighted by molar-refractivity contribution is -0.0211. The van der Waals surface area contributed by atoms with Gasteiger partial charge in [0.05, 0.1) is 5.60 Å². The first-order valence-electron chi connectivity index (χ1n) is 5.00. The standard InChI is InChI=1S/C10H21NO/c1-3-4-5-9(2,12)10(8-11)6-7-10/h12H,3-8,11H2,1-2H3. The van der Waals surface area contributed by atoms with Crippen molar-refractivity contribution in [2.75, 3.05) is 6.54 Å². The maximum absolute atomic E-state index is 10.2. The van der Waals surface area contributed by atoms with Crippen LogP contribution in [0.2, 0.25) is 0 Å². The zero-order valence-corrected chi connectivity index (χ0v) is 8.27. The number of unbranched alkanes of at least 4 members (excludes halogenated alkanes) is 1. The van der Waals surface area contributed by atoms with Crippen LogP contribution in [0.5, 0.6) is 0 Å². The fourth-order valence-electron chi connectivity index (χ4n) is 1.90. The summed E-state index contributed by atoms with van der Waals surface area (Å²) in [5.41, 5.74) is 5.22. The molecule has 0 aliphatic heterocycles. The molecule has 0 bridgehead atoms. The monoisotopic (exact) mass is 171 g/mol. The molecule has 0 heterocycles. The summed E-state index contributed by atoms with van der Waals surface area (Å²) < 4.78 is 0. The summed E-state index contributed by atoms with van der Waals surface area (Å²) in [6, 6.07) is 0. The highest BCUT2D eigenvalue weighted by Gasteiger charge is 2.54. The van der Waals surface area contributed by atoms with Crippen molar-refractivity contribution in [1.29, 1.82) is 0 Å². The third-order valence-electron chi connectivity index (χ3n) is 3.40. The maximum Gasteiger partial charge on any atom is 0.0687 e. The van der Waals surface area contributed by atoms with Crippen molar-refractivity contribution in [3.8, 4) is 0 Å². The van der Waals surface area contributed by atoms with Crippen LogP contribution in [0.3, 0.4) is 0 Å². The van der Waals surface area contributed by atoms with Gasteiger partial charge >= 0.3 is 0 Å². The number of nitrogens with two attached hydrogens (primary N) is 1. The van der Waals surface area contributed by atoms with Gasteiger partial charge in [0.15, 0.2) is 0 Å². The Morgan fingerprint density at radius 1 is 1.50 bits per heavy atom. The SMILES string of the molecule is CCCCC(C)(O)C1(CN)CC1. The molecule has 1 unspecified atom stereocenters. The van der Waals surface area contributed by atoms with Crippen molar-refractivity contribution in [3.05, 3.63) is 0 Å². The molecule has 2 nitrogen and oxygen atoms in total. The average Bonchev–Trinajstić information content (AvgIpc) is 2.81. The molecule has 3 N–H and O–H groups in total. The molecule has 0 aromatic carbocycles. The Kier molecular flexibility index (Phi) is 2.79. The highest BCUT2D eigenvalue weighted by atomic mass is 16.3. The molecule has 0 aromatic heterocycles. The fourth-order valence-corrected chi connectivity index (χ4v) is 1.90. The lowest BCUT2D eigenvalue weighted by Gasteiger charge is -2.32. The summed E-state index contributed by atoms with van der Waals surface area (Å²) in [5, 5.41) is 10.2. The van der Waals surface area contributed by atoms with Crippen molar-refractivity contribution in [2.24, 2.45) is 11.1 Å². The summed E-state index contributed by atoms with van der Waals surface area (Å²) in [6.07, 6.45) is 5.38. The van der Waals surface area contributed by atoms with E-state index in [9.17, 15) is 5.11 Å². The molecule has 1 fully saturated rings. The zero-order valence-electron chi connectivity index (χ0n) is 8.27. The Bertz CT molecular complexity index is 150. The molecule has 2 heteroatoms. The van der Waals surface area contributed by atoms with Gasteiger partial charge in [-0.15, -0.1) is 0 Å². The maximum atomic E-state index is 10.2. The Morgan fingerprint density at radius 2 is 2.08 bits per heavy atom. The van der Waals surface area contributed by atoms with Crippen molar-refractivity contribution in [3.63, 3.8) is 0 Å². The molecule has 1 aliphatic rings. The van der Waals surface area contributed by atoms with Gasteiger partial charge in [0.1, 0.15) is 0 Å². The van der Waals surface area contributed by atoms with Crippen molar-refractivity contribution in [1.82, 2.24) is 0 Å². The minimum Gasteiger partial charge on any atom is -0.390 e. The molecule has 0 saturated heterocycles. The van der Waals surface area contributed by atoms with Gasteiger partial charge in [0.2, 0.25) is 0 Å². The van der Waals surface area contributed by atoms with Gasteiger partial charge in [-0.3, -0.25) is 0 Å². The Balaban J connectivity index is 2.46. The van der Waals surface area contributed by atoms with E-state index in [0.717, 1.165) is 32.1 Å². The van der Waals surface area contributed by atoms with Crippen molar-refractivity contribution in [2.45, 2.75) is 51.6 Å². The first-order chi connectivity index (χ1) is 5.58. The molecule has 0 amide bonds. The zero-order chi connectivity index (χ0) is 9.24. The highest BCUT2D eigenvalue weighted by Crippen LogP contribution is 2.54. The summed E-state index contributed by atoms with van der Waals surface area (Å²) >= 11 is 0. The third kappa shape index (κ3) is 1.64. The van der Waals surface area contributed by atoms with Gasteiger partial charge < -0.3 is 10.8 Å². The van der Waals surface area contributed by atoms with Crippen molar-refractivity contribution >= 4 is 0 Å². The number of hydrogen-bond acceptors (Lipinski definition) is 2. The van der Waals surface area contributed by atoms with Crippen LogP contribution < -0.4 is 5.73 Å². The van der Waals surface area contributed by atoms with E-state index in [2.05, 4.69) is 6.92 Å². The topological polar surface area (TPSA) is 46.2 Å². The van der Waals surface area contributed by atoms with Crippen molar-refractivity contribution < 1.29 is 5.11 Å². The molecule has 0 spiro atoms. The Hall–Kier alpha value is -0.0800. The number of hydrogen-bond donors (Lipinski definition) is 2. The number of rotatable bonds is 5. The van der Waals surface area contributed by atoms with Gasteiger partial charge in [-0.05, 0) is 26.2 Å². The van der Waals surface area contributed by atoms with Crippen LogP contribution in [-0.4, -0.2) is 17.3 Å². The first kappa shape index (κ1) is 10.0. The van der Waals surface area contributed by atoms with Gasteiger partial charge in [-0.2, -0.15) is 0 Å². The smallest absolute Gasteiger partial charge is 0.0687 e. The molecule has 0 aromatic rings. The van der Waals surface area contributed by atoms with E-state index in [-0.39, 0.29) is 5.41 Å². The molecule has 1 rings (SSSR count). The summed E-state index contributed by atoms with van der Waals surface area (Å²) in [4.78, 5) is 0. The van der Waals surface area contributed by atoms with Crippen LogP contribution in [0.25, 0.3) is 0 Å². The predicted molar refractivity (Wildman–Crippen MR) is 50.9 cm³/mol. The van der Waals surface area contributed by atoms with Gasteiger partial charge in [0.25, 0.3) is 0 Å². The second kappa shape index (κ2) is 3.35. The number of aliphatic hydroxyl groups is 1. The van der Waals surface area contributed by atoms with Gasteiger partial charge in [0, 0.05) is 12.0 Å². The van der Waals surface area contributed by atoms with Gasteiger partial charge in [-0.25, -0.2) is 0 Å². The predicted octanol–water partition coefficient (Wildman–Crippen LogP) is 1.67. The van der Waals surface area contributed by atoms with Crippen LogP contribution in [0, 0.1) is 5.41 Å². The second-order valence-electron chi connectivity index (χ2n) is 4.36. The molecule has 1 saturated carbocycles. The van der Waals surface area contributed by atoms with E-state index in [1.807, 2.05) is 6.92 Å². The van der Waals surface area contributed by atoms with E-state index < -0.39 is 5.60 Å². The van der Waals surface area contributed by atoms with Crippen LogP contribution in [0.15, 0.2) is 0 Å². The van der Waals surface area contributed by atoms with E-state index in [0.29, 0.717) is 6.54 Å². The normalized spacial score (nSPS) is 25.0. The second-order valence-corrected chi connectivity index (χ2v) is 4.36. The highest BCUT2D eigenvalue weighted by molar-refractivity contribution is 5.06. The quantitative estimate of drug-likeness (QED) is 0.661. The molecule has 0 radical (unpaired) electrons. The van der Waals surface area contributed by atoms with E-state index in [1.165, 1.54) is 0 Å². The molecular weight excluding hydrogens is 150 g/mol. The minimum atomic E-state index is -0.516. The van der Waals surface area contributed by atoms with E-state index in [4.69, 9.17) is 5.73 Å². The molecule has 72 valence electrons. The van der Waals surface area contributed by atoms with E-state index >= 15 is 0 Å². The summed E-state index contributed by atoms with van der Waals surface area (Å²) in [6.45, 7) is 4.74. The van der Waals surface area contributed by atoms with E-state index in [1.54, 1.807) is 0 Å².